The lowest BCUT2D eigenvalue weighted by atomic mass is 10.0. The number of aromatic nitrogens is 1. The summed E-state index contributed by atoms with van der Waals surface area (Å²) in [4.78, 5) is 18.1. The highest BCUT2D eigenvalue weighted by molar-refractivity contribution is 7.09. The van der Waals surface area contributed by atoms with Gasteiger partial charge in [-0.25, -0.2) is 4.98 Å². The van der Waals surface area contributed by atoms with Gasteiger partial charge in [-0.15, -0.1) is 11.3 Å². The average Bonchev–Trinajstić information content (AvgIpc) is 2.97. The number of aliphatic carboxylic acids is 1. The van der Waals surface area contributed by atoms with E-state index in [0.29, 0.717) is 6.54 Å². The molecule has 23 heavy (non-hydrogen) atoms. The molecule has 1 aromatic carbocycles. The minimum Gasteiger partial charge on any atom is -0.480 e. The molecule has 0 saturated carbocycles. The summed E-state index contributed by atoms with van der Waals surface area (Å²) in [6.07, 6.45) is 3.57. The van der Waals surface area contributed by atoms with Gasteiger partial charge >= 0.3 is 5.97 Å². The lowest BCUT2D eigenvalue weighted by Gasteiger charge is -2.32. The molecule has 6 heteroatoms. The van der Waals surface area contributed by atoms with Crippen molar-refractivity contribution < 1.29 is 9.90 Å². The van der Waals surface area contributed by atoms with Gasteiger partial charge in [0.1, 0.15) is 6.04 Å². The largest absolute Gasteiger partial charge is 0.480 e. The molecule has 3 rings (SSSR count). The van der Waals surface area contributed by atoms with Crippen LogP contribution in [-0.4, -0.2) is 33.5 Å². The number of carbonyl (C=O) groups is 1. The monoisotopic (exact) mass is 350 g/mol. The van der Waals surface area contributed by atoms with Gasteiger partial charge in [-0.05, 0) is 37.1 Å². The third-order valence-electron chi connectivity index (χ3n) is 4.13. The van der Waals surface area contributed by atoms with Crippen molar-refractivity contribution in [1.82, 2.24) is 9.88 Å². The van der Waals surface area contributed by atoms with Gasteiger partial charge in [0.15, 0.2) is 0 Å². The first kappa shape index (κ1) is 16.4. The van der Waals surface area contributed by atoms with Gasteiger partial charge in [0.25, 0.3) is 0 Å². The molecule has 122 valence electrons. The number of nitrogens with zero attached hydrogens (tertiary/aromatic N) is 2. The highest BCUT2D eigenvalue weighted by atomic mass is 35.5. The smallest absolute Gasteiger partial charge is 0.320 e. The second-order valence-corrected chi connectivity index (χ2v) is 7.24. The number of halogens is 1. The van der Waals surface area contributed by atoms with Crippen LogP contribution in [0.5, 0.6) is 0 Å². The molecule has 2 heterocycles. The molecule has 1 aliphatic rings. The van der Waals surface area contributed by atoms with Gasteiger partial charge < -0.3 is 5.11 Å². The van der Waals surface area contributed by atoms with Crippen LogP contribution in [0, 0.1) is 0 Å². The highest BCUT2D eigenvalue weighted by Gasteiger charge is 2.28. The minimum atomic E-state index is -0.721. The molecule has 1 fully saturated rings. The standard InChI is InChI=1S/C17H19ClN2O2S/c18-13-6-4-12(5-7-13)9-16-19-14(11-23-16)10-20-8-2-1-3-15(20)17(21)22/h4-7,11,15H,1-3,8-10H2,(H,21,22). The van der Waals surface area contributed by atoms with Gasteiger partial charge in [0.05, 0.1) is 10.7 Å². The first-order valence-electron chi connectivity index (χ1n) is 7.76. The Morgan fingerprint density at radius 2 is 2.13 bits per heavy atom. The molecular weight excluding hydrogens is 332 g/mol. The summed E-state index contributed by atoms with van der Waals surface area (Å²) in [6, 6.07) is 7.42. The van der Waals surface area contributed by atoms with Crippen LogP contribution in [0.2, 0.25) is 5.02 Å². The lowest BCUT2D eigenvalue weighted by molar-refractivity contribution is -0.144. The molecule has 1 aromatic heterocycles. The third-order valence-corrected chi connectivity index (χ3v) is 5.28. The maximum absolute atomic E-state index is 11.4. The summed E-state index contributed by atoms with van der Waals surface area (Å²) < 4.78 is 0. The van der Waals surface area contributed by atoms with Crippen molar-refractivity contribution >= 4 is 28.9 Å². The number of rotatable bonds is 5. The molecule has 0 radical (unpaired) electrons. The van der Waals surface area contributed by atoms with Crippen molar-refractivity contribution in [2.75, 3.05) is 6.54 Å². The van der Waals surface area contributed by atoms with Gasteiger partial charge in [-0.3, -0.25) is 9.69 Å². The van der Waals surface area contributed by atoms with E-state index in [1.807, 2.05) is 34.5 Å². The van der Waals surface area contributed by atoms with Crippen LogP contribution >= 0.6 is 22.9 Å². The van der Waals surface area contributed by atoms with E-state index in [2.05, 4.69) is 4.98 Å². The van der Waals surface area contributed by atoms with Crippen molar-refractivity contribution in [3.63, 3.8) is 0 Å². The van der Waals surface area contributed by atoms with Crippen LogP contribution in [0.1, 0.15) is 35.5 Å². The van der Waals surface area contributed by atoms with Crippen LogP contribution < -0.4 is 0 Å². The summed E-state index contributed by atoms with van der Waals surface area (Å²) in [5.74, 6) is -0.721. The van der Waals surface area contributed by atoms with E-state index in [1.165, 1.54) is 5.56 Å². The first-order valence-corrected chi connectivity index (χ1v) is 9.02. The summed E-state index contributed by atoms with van der Waals surface area (Å²) in [5, 5.41) is 13.2. The Bertz CT molecular complexity index is 671. The predicted molar refractivity (Wildman–Crippen MR) is 92.1 cm³/mol. The Hall–Kier alpha value is -1.43. The quantitative estimate of drug-likeness (QED) is 0.890. The van der Waals surface area contributed by atoms with E-state index in [0.717, 1.165) is 48.0 Å². The minimum absolute atomic E-state index is 0.370. The lowest BCUT2D eigenvalue weighted by Crippen LogP contribution is -2.44. The Balaban J connectivity index is 1.64. The van der Waals surface area contributed by atoms with E-state index in [1.54, 1.807) is 11.3 Å². The molecule has 4 nitrogen and oxygen atoms in total. The molecule has 2 aromatic rings. The van der Waals surface area contributed by atoms with Crippen molar-refractivity contribution in [3.05, 3.63) is 50.9 Å². The molecule has 0 amide bonds. The Morgan fingerprint density at radius 3 is 2.87 bits per heavy atom. The van der Waals surface area contributed by atoms with E-state index >= 15 is 0 Å². The van der Waals surface area contributed by atoms with Crippen molar-refractivity contribution in [2.45, 2.75) is 38.3 Å². The van der Waals surface area contributed by atoms with E-state index in [4.69, 9.17) is 11.6 Å². The van der Waals surface area contributed by atoms with Gasteiger partial charge in [-0.1, -0.05) is 30.2 Å². The summed E-state index contributed by atoms with van der Waals surface area (Å²) in [7, 11) is 0. The second-order valence-electron chi connectivity index (χ2n) is 5.86. The molecule has 1 unspecified atom stereocenters. The third kappa shape index (κ3) is 4.31. The number of benzene rings is 1. The fraction of sp³-hybridized carbons (Fsp3) is 0.412. The molecule has 1 aliphatic heterocycles. The van der Waals surface area contributed by atoms with Gasteiger partial charge in [0, 0.05) is 23.4 Å². The van der Waals surface area contributed by atoms with Crippen LogP contribution in [0.3, 0.4) is 0 Å². The number of likely N-dealkylation sites (tertiary alicyclic amines) is 1. The van der Waals surface area contributed by atoms with E-state index < -0.39 is 5.97 Å². The van der Waals surface area contributed by atoms with Gasteiger partial charge in [0.2, 0.25) is 0 Å². The van der Waals surface area contributed by atoms with Crippen LogP contribution in [0.4, 0.5) is 0 Å². The zero-order chi connectivity index (χ0) is 16.2. The molecule has 0 aliphatic carbocycles. The van der Waals surface area contributed by atoms with E-state index in [-0.39, 0.29) is 6.04 Å². The van der Waals surface area contributed by atoms with Crippen LogP contribution in [-0.2, 0) is 17.8 Å². The molecule has 0 bridgehead atoms. The molecule has 1 atom stereocenters. The summed E-state index contributed by atoms with van der Waals surface area (Å²) >= 11 is 7.53. The maximum Gasteiger partial charge on any atom is 0.320 e. The Labute approximate surface area is 144 Å². The van der Waals surface area contributed by atoms with Crippen LogP contribution in [0.25, 0.3) is 0 Å². The fourth-order valence-electron chi connectivity index (χ4n) is 2.95. The normalized spacial score (nSPS) is 18.9. The molecule has 1 saturated heterocycles. The van der Waals surface area contributed by atoms with Crippen molar-refractivity contribution in [1.29, 1.82) is 0 Å². The summed E-state index contributed by atoms with van der Waals surface area (Å²) in [5.41, 5.74) is 2.14. The fourth-order valence-corrected chi connectivity index (χ4v) is 3.89. The first-order chi connectivity index (χ1) is 11.1. The predicted octanol–water partition coefficient (Wildman–Crippen LogP) is 3.83. The molecule has 1 N–H and O–H groups in total. The Kier molecular flexibility index (Phi) is 5.30. The van der Waals surface area contributed by atoms with Gasteiger partial charge in [-0.2, -0.15) is 0 Å². The maximum atomic E-state index is 11.4. The number of carboxylic acids is 1. The van der Waals surface area contributed by atoms with Crippen molar-refractivity contribution in [2.24, 2.45) is 0 Å². The SMILES string of the molecule is O=C(O)C1CCCCN1Cc1csc(Cc2ccc(Cl)cc2)n1. The number of thiazole rings is 1. The second kappa shape index (κ2) is 7.43. The summed E-state index contributed by atoms with van der Waals surface area (Å²) in [6.45, 7) is 1.45. The number of hydrogen-bond acceptors (Lipinski definition) is 4. The number of hydrogen-bond donors (Lipinski definition) is 1. The average molecular weight is 351 g/mol. The highest BCUT2D eigenvalue weighted by Crippen LogP contribution is 2.22. The van der Waals surface area contributed by atoms with E-state index in [9.17, 15) is 9.90 Å². The zero-order valence-electron chi connectivity index (χ0n) is 12.7. The number of carboxylic acid groups (broad SMARTS) is 1. The van der Waals surface area contributed by atoms with Crippen molar-refractivity contribution in [3.8, 4) is 0 Å². The Morgan fingerprint density at radius 1 is 1.35 bits per heavy atom. The zero-order valence-corrected chi connectivity index (χ0v) is 14.3. The molecule has 0 spiro atoms. The molecular formula is C17H19ClN2O2S. The topological polar surface area (TPSA) is 53.4 Å². The number of piperidine rings is 1. The van der Waals surface area contributed by atoms with Crippen LogP contribution in [0.15, 0.2) is 29.6 Å².